The van der Waals surface area contributed by atoms with Crippen LogP contribution in [0.25, 0.3) is 0 Å². The number of carbonyl (C=O) groups excluding carboxylic acids is 1. The highest BCUT2D eigenvalue weighted by Crippen LogP contribution is 2.13. The van der Waals surface area contributed by atoms with Gasteiger partial charge in [-0.1, -0.05) is 12.1 Å². The largest absolute Gasteiger partial charge is 0.486 e. The fourth-order valence-electron chi connectivity index (χ4n) is 1.97. The van der Waals surface area contributed by atoms with E-state index in [2.05, 4.69) is 25.6 Å². The molecule has 0 unspecified atom stereocenters. The first-order chi connectivity index (χ1) is 11.6. The van der Waals surface area contributed by atoms with E-state index < -0.39 is 5.91 Å². The summed E-state index contributed by atoms with van der Waals surface area (Å²) in [7, 11) is 0. The summed E-state index contributed by atoms with van der Waals surface area (Å²) in [4.78, 5) is 20.0. The summed E-state index contributed by atoms with van der Waals surface area (Å²) in [5, 5.41) is 6.70. The number of nitrogens with zero attached hydrogens (tertiary/aromatic N) is 4. The Balaban J connectivity index is 1.74. The Morgan fingerprint density at radius 1 is 1.42 bits per heavy atom. The minimum Gasteiger partial charge on any atom is -0.486 e. The number of rotatable bonds is 5. The smallest absolute Gasteiger partial charge is 0.290 e. The van der Waals surface area contributed by atoms with Crippen LogP contribution < -0.4 is 10.2 Å². The number of carbonyl (C=O) groups is 1. The monoisotopic (exact) mass is 342 g/mol. The molecule has 0 atom stereocenters. The molecule has 0 bridgehead atoms. The van der Waals surface area contributed by atoms with Crippen molar-refractivity contribution in [2.75, 3.05) is 5.43 Å². The summed E-state index contributed by atoms with van der Waals surface area (Å²) >= 11 is 5.13. The second kappa shape index (κ2) is 7.01. The van der Waals surface area contributed by atoms with Crippen LogP contribution in [-0.2, 0) is 6.61 Å². The Labute approximate surface area is 142 Å². The highest BCUT2D eigenvalue weighted by atomic mass is 32.1. The van der Waals surface area contributed by atoms with E-state index >= 15 is 0 Å². The summed E-state index contributed by atoms with van der Waals surface area (Å²) in [6.45, 7) is 2.11. The van der Waals surface area contributed by atoms with Gasteiger partial charge in [-0.3, -0.25) is 20.3 Å². The number of amides is 1. The first kappa shape index (κ1) is 15.8. The summed E-state index contributed by atoms with van der Waals surface area (Å²) in [6, 6.07) is 7.63. The van der Waals surface area contributed by atoms with Gasteiger partial charge in [-0.05, 0) is 36.8 Å². The minimum absolute atomic E-state index is 0.136. The Morgan fingerprint density at radius 3 is 3.04 bits per heavy atom. The van der Waals surface area contributed by atoms with E-state index in [1.165, 1.54) is 23.3 Å². The summed E-state index contributed by atoms with van der Waals surface area (Å²) in [5.74, 6) is 0.687. The van der Waals surface area contributed by atoms with E-state index in [0.717, 1.165) is 5.56 Å². The van der Waals surface area contributed by atoms with E-state index in [9.17, 15) is 4.79 Å². The Hall–Kier alpha value is -3.07. The van der Waals surface area contributed by atoms with Gasteiger partial charge in [-0.15, -0.1) is 0 Å². The summed E-state index contributed by atoms with van der Waals surface area (Å²) in [6.07, 6.45) is 4.29. The van der Waals surface area contributed by atoms with E-state index in [0.29, 0.717) is 11.6 Å². The van der Waals surface area contributed by atoms with Crippen molar-refractivity contribution in [3.63, 3.8) is 0 Å². The van der Waals surface area contributed by atoms with Gasteiger partial charge in [0, 0.05) is 12.4 Å². The van der Waals surface area contributed by atoms with Crippen molar-refractivity contribution in [1.82, 2.24) is 24.8 Å². The zero-order valence-electron chi connectivity index (χ0n) is 12.8. The van der Waals surface area contributed by atoms with Crippen molar-refractivity contribution in [2.45, 2.75) is 13.5 Å². The zero-order chi connectivity index (χ0) is 16.9. The van der Waals surface area contributed by atoms with Gasteiger partial charge >= 0.3 is 0 Å². The van der Waals surface area contributed by atoms with Crippen LogP contribution >= 0.6 is 12.2 Å². The Morgan fingerprint density at radius 2 is 2.29 bits per heavy atom. The standard InChI is InChI=1S/C15H14N6O2S/c1-10-3-2-4-11(7-10)23-9-13-18-19-15(24)21(13)20-14(22)12-8-16-5-6-17-12/h2-8H,9H2,1H3,(H,19,24)(H,20,22). The molecule has 0 saturated carbocycles. The van der Waals surface area contributed by atoms with Crippen molar-refractivity contribution >= 4 is 18.1 Å². The first-order valence-corrected chi connectivity index (χ1v) is 7.47. The van der Waals surface area contributed by atoms with Crippen LogP contribution in [0.1, 0.15) is 21.9 Å². The van der Waals surface area contributed by atoms with E-state index in [4.69, 9.17) is 17.0 Å². The molecule has 3 aromatic rings. The van der Waals surface area contributed by atoms with Crippen LogP contribution in [-0.4, -0.2) is 30.7 Å². The van der Waals surface area contributed by atoms with Crippen LogP contribution in [0.5, 0.6) is 5.75 Å². The molecule has 122 valence electrons. The Bertz CT molecular complexity index is 906. The number of aromatic nitrogens is 5. The first-order valence-electron chi connectivity index (χ1n) is 7.06. The second-order valence-corrected chi connectivity index (χ2v) is 5.30. The molecule has 0 aliphatic carbocycles. The molecule has 0 saturated heterocycles. The topological polar surface area (TPSA) is 97.7 Å². The lowest BCUT2D eigenvalue weighted by atomic mass is 10.2. The van der Waals surface area contributed by atoms with Gasteiger partial charge in [0.1, 0.15) is 18.1 Å². The van der Waals surface area contributed by atoms with Crippen molar-refractivity contribution in [3.8, 4) is 5.75 Å². The van der Waals surface area contributed by atoms with Crippen molar-refractivity contribution in [1.29, 1.82) is 0 Å². The van der Waals surface area contributed by atoms with E-state index in [1.54, 1.807) is 0 Å². The van der Waals surface area contributed by atoms with Crippen LogP contribution in [0, 0.1) is 11.7 Å². The third kappa shape index (κ3) is 3.63. The number of H-pyrrole nitrogens is 1. The van der Waals surface area contributed by atoms with Gasteiger partial charge in [-0.2, -0.15) is 5.10 Å². The summed E-state index contributed by atoms with van der Waals surface area (Å²) < 4.78 is 7.28. The molecule has 3 rings (SSSR count). The van der Waals surface area contributed by atoms with Crippen molar-refractivity contribution < 1.29 is 9.53 Å². The lowest BCUT2D eigenvalue weighted by molar-refractivity contribution is 0.100. The lowest BCUT2D eigenvalue weighted by Gasteiger charge is -2.09. The van der Waals surface area contributed by atoms with Gasteiger partial charge in [-0.25, -0.2) is 9.66 Å². The number of aromatic amines is 1. The van der Waals surface area contributed by atoms with Gasteiger partial charge < -0.3 is 4.74 Å². The second-order valence-electron chi connectivity index (χ2n) is 4.92. The quantitative estimate of drug-likeness (QED) is 0.688. The molecule has 0 aliphatic heterocycles. The molecule has 2 aromatic heterocycles. The van der Waals surface area contributed by atoms with Crippen LogP contribution in [0.15, 0.2) is 42.9 Å². The molecule has 2 heterocycles. The van der Waals surface area contributed by atoms with Gasteiger partial charge in [0.05, 0.1) is 6.20 Å². The molecular weight excluding hydrogens is 328 g/mol. The third-order valence-corrected chi connectivity index (χ3v) is 3.38. The van der Waals surface area contributed by atoms with Gasteiger partial charge in [0.2, 0.25) is 4.77 Å². The number of aryl methyl sites for hydroxylation is 1. The molecule has 1 amide bonds. The maximum absolute atomic E-state index is 12.2. The maximum atomic E-state index is 12.2. The Kier molecular flexibility index (Phi) is 4.62. The van der Waals surface area contributed by atoms with Crippen molar-refractivity contribution in [3.05, 3.63) is 64.7 Å². The molecule has 0 radical (unpaired) electrons. The number of hydrogen-bond donors (Lipinski definition) is 2. The van der Waals surface area contributed by atoms with Crippen LogP contribution in [0.3, 0.4) is 0 Å². The average molecular weight is 342 g/mol. The molecule has 24 heavy (non-hydrogen) atoms. The predicted octanol–water partition coefficient (Wildman–Crippen LogP) is 2.00. The normalized spacial score (nSPS) is 10.4. The number of ether oxygens (including phenoxy) is 1. The molecule has 0 aliphatic rings. The highest BCUT2D eigenvalue weighted by molar-refractivity contribution is 7.71. The average Bonchev–Trinajstić information content (AvgIpc) is 2.94. The fraction of sp³-hybridized carbons (Fsp3) is 0.133. The minimum atomic E-state index is -0.447. The molecule has 1 aromatic carbocycles. The molecule has 9 heteroatoms. The predicted molar refractivity (Wildman–Crippen MR) is 88.6 cm³/mol. The lowest BCUT2D eigenvalue weighted by Crippen LogP contribution is -2.26. The van der Waals surface area contributed by atoms with E-state index in [1.807, 2.05) is 31.2 Å². The fourth-order valence-corrected chi connectivity index (χ4v) is 2.17. The maximum Gasteiger partial charge on any atom is 0.290 e. The van der Waals surface area contributed by atoms with Gasteiger partial charge in [0.15, 0.2) is 5.82 Å². The third-order valence-electron chi connectivity index (χ3n) is 3.11. The molecule has 2 N–H and O–H groups in total. The molecule has 0 spiro atoms. The molecule has 8 nitrogen and oxygen atoms in total. The number of hydrogen-bond acceptors (Lipinski definition) is 6. The highest BCUT2D eigenvalue weighted by Gasteiger charge is 2.13. The van der Waals surface area contributed by atoms with Crippen LogP contribution in [0.2, 0.25) is 0 Å². The summed E-state index contributed by atoms with van der Waals surface area (Å²) in [5.41, 5.74) is 3.88. The SMILES string of the molecule is Cc1cccc(OCc2n[nH]c(=S)n2NC(=O)c2cnccn2)c1. The number of benzene rings is 1. The van der Waals surface area contributed by atoms with E-state index in [-0.39, 0.29) is 17.1 Å². The van der Waals surface area contributed by atoms with Crippen LogP contribution in [0.4, 0.5) is 0 Å². The zero-order valence-corrected chi connectivity index (χ0v) is 13.6. The van der Waals surface area contributed by atoms with Gasteiger partial charge in [0.25, 0.3) is 5.91 Å². The molecular formula is C15H14N6O2S. The van der Waals surface area contributed by atoms with Crippen molar-refractivity contribution in [2.24, 2.45) is 0 Å². The molecule has 0 fully saturated rings. The number of nitrogens with one attached hydrogen (secondary N) is 2.